The molecule has 0 bridgehead atoms. The molecular formula is C30H39Cl2NO3. The minimum atomic E-state index is -0.452. The van der Waals surface area contributed by atoms with E-state index >= 15 is 0 Å². The zero-order chi connectivity index (χ0) is 26.4. The van der Waals surface area contributed by atoms with Gasteiger partial charge in [0.25, 0.3) is 0 Å². The van der Waals surface area contributed by atoms with E-state index in [1.807, 2.05) is 19.2 Å². The molecule has 0 N–H and O–H groups in total. The number of carbonyl (C=O) groups is 2. The molecule has 36 heavy (non-hydrogen) atoms. The van der Waals surface area contributed by atoms with Crippen LogP contribution in [0.1, 0.15) is 97.5 Å². The van der Waals surface area contributed by atoms with E-state index in [0.29, 0.717) is 35.2 Å². The third-order valence-electron chi connectivity index (χ3n) is 7.78. The largest absolute Gasteiger partial charge is 0.490 e. The van der Waals surface area contributed by atoms with Gasteiger partial charge in [-0.2, -0.15) is 0 Å². The van der Waals surface area contributed by atoms with Gasteiger partial charge < -0.3 is 9.64 Å². The van der Waals surface area contributed by atoms with E-state index in [4.69, 9.17) is 27.9 Å². The normalized spacial score (nSPS) is 21.6. The molecule has 0 spiro atoms. The Hall–Kier alpha value is -1.78. The number of ether oxygens (including phenoxy) is 1. The average Bonchev–Trinajstić information content (AvgIpc) is 2.75. The first kappa shape index (κ1) is 27.3. The van der Waals surface area contributed by atoms with E-state index in [1.165, 1.54) is 6.42 Å². The topological polar surface area (TPSA) is 46.6 Å². The fourth-order valence-corrected chi connectivity index (χ4v) is 6.70. The summed E-state index contributed by atoms with van der Waals surface area (Å²) in [4.78, 5) is 29.4. The van der Waals surface area contributed by atoms with Crippen molar-refractivity contribution in [1.82, 2.24) is 4.90 Å². The van der Waals surface area contributed by atoms with Gasteiger partial charge in [0.2, 0.25) is 0 Å². The molecule has 1 aromatic carbocycles. The highest BCUT2D eigenvalue weighted by atomic mass is 35.5. The number of carbonyl (C=O) groups excluding carboxylic acids is 2. The average molecular weight is 533 g/mol. The first-order valence-electron chi connectivity index (χ1n) is 13.2. The van der Waals surface area contributed by atoms with Crippen molar-refractivity contribution in [2.45, 2.75) is 91.9 Å². The first-order valence-corrected chi connectivity index (χ1v) is 14.0. The molecule has 0 amide bonds. The van der Waals surface area contributed by atoms with Gasteiger partial charge in [-0.25, -0.2) is 0 Å². The van der Waals surface area contributed by atoms with Crippen LogP contribution in [0.25, 0.3) is 0 Å². The Labute approximate surface area is 226 Å². The molecule has 0 saturated carbocycles. The van der Waals surface area contributed by atoms with Crippen LogP contribution in [0.4, 0.5) is 0 Å². The van der Waals surface area contributed by atoms with Crippen LogP contribution >= 0.6 is 23.2 Å². The molecule has 3 aliphatic rings. The van der Waals surface area contributed by atoms with E-state index in [2.05, 4.69) is 39.5 Å². The smallest absolute Gasteiger partial charge is 0.162 e. The highest BCUT2D eigenvalue weighted by Gasteiger charge is 2.48. The van der Waals surface area contributed by atoms with Gasteiger partial charge in [-0.15, -0.1) is 0 Å². The van der Waals surface area contributed by atoms with E-state index in [0.717, 1.165) is 60.2 Å². The summed E-state index contributed by atoms with van der Waals surface area (Å²) in [6.45, 7) is 11.3. The minimum Gasteiger partial charge on any atom is -0.490 e. The summed E-state index contributed by atoms with van der Waals surface area (Å²) < 4.78 is 5.95. The molecule has 0 radical (unpaired) electrons. The molecule has 0 fully saturated rings. The Morgan fingerprint density at radius 1 is 0.861 bits per heavy atom. The number of nitrogens with zero attached hydrogens (tertiary/aromatic N) is 1. The molecule has 0 atom stereocenters. The molecule has 0 unspecified atom stereocenters. The van der Waals surface area contributed by atoms with Crippen molar-refractivity contribution in [1.29, 1.82) is 0 Å². The predicted molar refractivity (Wildman–Crippen MR) is 147 cm³/mol. The lowest BCUT2D eigenvalue weighted by Crippen LogP contribution is -2.43. The van der Waals surface area contributed by atoms with Gasteiger partial charge in [-0.1, -0.05) is 77.1 Å². The van der Waals surface area contributed by atoms with E-state index in [9.17, 15) is 9.59 Å². The van der Waals surface area contributed by atoms with Gasteiger partial charge in [0, 0.05) is 48.3 Å². The van der Waals surface area contributed by atoms with Crippen molar-refractivity contribution in [3.8, 4) is 5.75 Å². The van der Waals surface area contributed by atoms with Crippen molar-refractivity contribution in [2.24, 2.45) is 10.8 Å². The Morgan fingerprint density at radius 3 is 1.83 bits per heavy atom. The van der Waals surface area contributed by atoms with Crippen LogP contribution in [-0.4, -0.2) is 30.1 Å². The third kappa shape index (κ3) is 5.27. The Bertz CT molecular complexity index is 1070. The van der Waals surface area contributed by atoms with Gasteiger partial charge in [-0.3, -0.25) is 9.59 Å². The fourth-order valence-electron chi connectivity index (χ4n) is 6.09. The number of halogens is 2. The Kier molecular flexibility index (Phi) is 7.70. The SMILES string of the molecule is CCCCCCOc1c(Cl)cc(C2C3=C(CC(C)(C)CC3=O)N(C)C3=C2C(=O)CC(C)(C)C3)cc1Cl. The van der Waals surface area contributed by atoms with Crippen LogP contribution < -0.4 is 4.74 Å². The summed E-state index contributed by atoms with van der Waals surface area (Å²) in [5.74, 6) is 0.227. The summed E-state index contributed by atoms with van der Waals surface area (Å²) in [6.07, 6.45) is 6.86. The van der Waals surface area contributed by atoms with Crippen LogP contribution in [0, 0.1) is 10.8 Å². The fraction of sp³-hybridized carbons (Fsp3) is 0.600. The van der Waals surface area contributed by atoms with E-state index in [-0.39, 0.29) is 22.4 Å². The number of Topliss-reactive ketones (excluding diaryl/α,β-unsaturated/α-hetero) is 2. The number of unbranched alkanes of at least 4 members (excludes halogenated alkanes) is 3. The number of ketones is 2. The molecular weight excluding hydrogens is 493 g/mol. The number of hydrogen-bond donors (Lipinski definition) is 0. The van der Waals surface area contributed by atoms with Crippen molar-refractivity contribution < 1.29 is 14.3 Å². The lowest BCUT2D eigenvalue weighted by atomic mass is 9.64. The number of hydrogen-bond acceptors (Lipinski definition) is 4. The summed E-state index contributed by atoms with van der Waals surface area (Å²) in [6, 6.07) is 3.69. The molecule has 1 aliphatic heterocycles. The molecule has 2 aliphatic carbocycles. The van der Waals surface area contributed by atoms with E-state index in [1.54, 1.807) is 0 Å². The minimum absolute atomic E-state index is 0.103. The monoisotopic (exact) mass is 531 g/mol. The zero-order valence-corrected chi connectivity index (χ0v) is 24.0. The van der Waals surface area contributed by atoms with E-state index < -0.39 is 5.92 Å². The molecule has 1 heterocycles. The second kappa shape index (κ2) is 10.2. The number of allylic oxidation sites excluding steroid dienone is 4. The standard InChI is InChI=1S/C30H39Cl2NO3/c1-7-8-9-10-11-36-28-19(31)12-18(13-20(28)32)25-26-21(14-29(2,3)16-23(26)34)33(6)22-15-30(4,5)17-24(35)27(22)25/h12-13,25H,7-11,14-17H2,1-6H3. The van der Waals surface area contributed by atoms with Gasteiger partial charge >= 0.3 is 0 Å². The number of rotatable bonds is 7. The summed E-state index contributed by atoms with van der Waals surface area (Å²) in [7, 11) is 2.01. The summed E-state index contributed by atoms with van der Waals surface area (Å²) >= 11 is 13.4. The van der Waals surface area contributed by atoms with Crippen LogP contribution in [-0.2, 0) is 9.59 Å². The molecule has 4 nitrogen and oxygen atoms in total. The summed E-state index contributed by atoms with van der Waals surface area (Å²) in [5.41, 5.74) is 4.02. The van der Waals surface area contributed by atoms with Gasteiger partial charge in [0.15, 0.2) is 17.3 Å². The molecule has 196 valence electrons. The van der Waals surface area contributed by atoms with Crippen molar-refractivity contribution >= 4 is 34.8 Å². The first-order chi connectivity index (χ1) is 16.8. The molecule has 1 aromatic rings. The lowest BCUT2D eigenvalue weighted by molar-refractivity contribution is -0.119. The molecule has 0 saturated heterocycles. The van der Waals surface area contributed by atoms with Crippen molar-refractivity contribution in [3.05, 3.63) is 50.3 Å². The zero-order valence-electron chi connectivity index (χ0n) is 22.5. The third-order valence-corrected chi connectivity index (χ3v) is 8.34. The summed E-state index contributed by atoms with van der Waals surface area (Å²) in [5, 5.41) is 0.840. The molecule has 4 rings (SSSR count). The number of benzene rings is 1. The lowest BCUT2D eigenvalue weighted by Gasteiger charge is -2.48. The van der Waals surface area contributed by atoms with Crippen LogP contribution in [0.2, 0.25) is 10.0 Å². The predicted octanol–water partition coefficient (Wildman–Crippen LogP) is 8.27. The maximum absolute atomic E-state index is 13.6. The van der Waals surface area contributed by atoms with Crippen LogP contribution in [0.3, 0.4) is 0 Å². The molecule has 0 aromatic heterocycles. The second-order valence-corrected chi connectivity index (χ2v) is 13.1. The van der Waals surface area contributed by atoms with Crippen molar-refractivity contribution in [3.63, 3.8) is 0 Å². The highest BCUT2D eigenvalue weighted by Crippen LogP contribution is 2.54. The maximum Gasteiger partial charge on any atom is 0.162 e. The Morgan fingerprint density at radius 2 is 1.36 bits per heavy atom. The Balaban J connectivity index is 1.80. The highest BCUT2D eigenvalue weighted by molar-refractivity contribution is 6.37. The molecule has 6 heteroatoms. The van der Waals surface area contributed by atoms with Gasteiger partial charge in [0.1, 0.15) is 0 Å². The quantitative estimate of drug-likeness (QED) is 0.332. The van der Waals surface area contributed by atoms with Crippen LogP contribution in [0.15, 0.2) is 34.7 Å². The van der Waals surface area contributed by atoms with Gasteiger partial charge in [0.05, 0.1) is 16.7 Å². The van der Waals surface area contributed by atoms with Crippen LogP contribution in [0.5, 0.6) is 5.75 Å². The van der Waals surface area contributed by atoms with Gasteiger partial charge in [-0.05, 0) is 47.8 Å². The second-order valence-electron chi connectivity index (χ2n) is 12.3. The maximum atomic E-state index is 13.6. The van der Waals surface area contributed by atoms with Crippen molar-refractivity contribution in [2.75, 3.05) is 13.7 Å².